The van der Waals surface area contributed by atoms with Crippen molar-refractivity contribution in [2.75, 3.05) is 0 Å². The van der Waals surface area contributed by atoms with Crippen molar-refractivity contribution in [3.63, 3.8) is 0 Å². The fourth-order valence-corrected chi connectivity index (χ4v) is 1.44. The molecule has 1 heterocycles. The first kappa shape index (κ1) is 13.2. The molecule has 0 aliphatic rings. The predicted molar refractivity (Wildman–Crippen MR) is 55.2 cm³/mol. The van der Waals surface area contributed by atoms with E-state index in [1.54, 1.807) is 0 Å². The second kappa shape index (κ2) is 4.45. The van der Waals surface area contributed by atoms with Crippen LogP contribution in [0.5, 0.6) is 0 Å². The number of hydrogen-bond donors (Lipinski definition) is 1. The molecule has 0 amide bonds. The zero-order valence-corrected chi connectivity index (χ0v) is 9.05. The molecule has 8 heteroatoms. The summed E-state index contributed by atoms with van der Waals surface area (Å²) >= 11 is 0. The lowest BCUT2D eigenvalue weighted by Crippen LogP contribution is -2.18. The Morgan fingerprint density at radius 2 is 1.58 bits per heavy atom. The van der Waals surface area contributed by atoms with Crippen molar-refractivity contribution in [2.45, 2.75) is 6.18 Å². The molecule has 1 N–H and O–H groups in total. The minimum absolute atomic E-state index is 0.255. The zero-order chi connectivity index (χ0) is 14.2. The van der Waals surface area contributed by atoms with Gasteiger partial charge >= 0.3 is 6.18 Å². The minimum atomic E-state index is -4.86. The van der Waals surface area contributed by atoms with E-state index in [1.807, 2.05) is 0 Å². The van der Waals surface area contributed by atoms with Crippen LogP contribution in [0.1, 0.15) is 5.82 Å². The van der Waals surface area contributed by atoms with Gasteiger partial charge in [0.1, 0.15) is 11.6 Å². The van der Waals surface area contributed by atoms with Crippen LogP contribution in [0.3, 0.4) is 0 Å². The highest BCUT2D eigenvalue weighted by Crippen LogP contribution is 2.27. The first-order valence-corrected chi connectivity index (χ1v) is 4.91. The summed E-state index contributed by atoms with van der Waals surface area (Å²) in [5, 5.41) is 0. The number of aromatic nitrogens is 2. The van der Waals surface area contributed by atoms with Crippen molar-refractivity contribution in [3.05, 3.63) is 52.1 Å². The van der Waals surface area contributed by atoms with Gasteiger partial charge in [0.25, 0.3) is 5.56 Å². The maximum absolute atomic E-state index is 13.0. The first-order valence-electron chi connectivity index (χ1n) is 4.91. The fourth-order valence-electron chi connectivity index (χ4n) is 1.44. The second-order valence-corrected chi connectivity index (χ2v) is 3.64. The van der Waals surface area contributed by atoms with Gasteiger partial charge in [0.15, 0.2) is 0 Å². The van der Waals surface area contributed by atoms with Crippen LogP contribution in [-0.4, -0.2) is 9.97 Å². The highest BCUT2D eigenvalue weighted by atomic mass is 19.4. The van der Waals surface area contributed by atoms with Gasteiger partial charge in [0.05, 0.1) is 5.69 Å². The van der Waals surface area contributed by atoms with Crippen LogP contribution >= 0.6 is 0 Å². The molecule has 2 aromatic rings. The molecule has 100 valence electrons. The molecule has 0 aliphatic carbocycles. The Morgan fingerprint density at radius 3 is 2.11 bits per heavy atom. The van der Waals surface area contributed by atoms with Gasteiger partial charge in [0, 0.05) is 17.7 Å². The third-order valence-corrected chi connectivity index (χ3v) is 2.17. The van der Waals surface area contributed by atoms with E-state index in [4.69, 9.17) is 0 Å². The molecular formula is C11H5F5N2O. The van der Waals surface area contributed by atoms with E-state index in [0.717, 1.165) is 18.2 Å². The number of aromatic amines is 1. The molecule has 0 saturated heterocycles. The molecule has 0 atom stereocenters. The lowest BCUT2D eigenvalue weighted by molar-refractivity contribution is -0.145. The normalized spacial score (nSPS) is 11.6. The van der Waals surface area contributed by atoms with E-state index in [9.17, 15) is 26.7 Å². The highest BCUT2D eigenvalue weighted by molar-refractivity contribution is 5.58. The van der Waals surface area contributed by atoms with Crippen LogP contribution in [0.4, 0.5) is 22.0 Å². The van der Waals surface area contributed by atoms with Crippen molar-refractivity contribution in [3.8, 4) is 11.3 Å². The lowest BCUT2D eigenvalue weighted by Gasteiger charge is -2.07. The quantitative estimate of drug-likeness (QED) is 0.814. The second-order valence-electron chi connectivity index (χ2n) is 3.64. The maximum Gasteiger partial charge on any atom is 0.449 e. The van der Waals surface area contributed by atoms with Crippen LogP contribution in [0.15, 0.2) is 29.1 Å². The van der Waals surface area contributed by atoms with Gasteiger partial charge in [0.2, 0.25) is 5.82 Å². The SMILES string of the molecule is O=c1cc(-c2cc(F)cc(F)c2)nc(C(F)(F)F)[nH]1. The molecule has 1 aromatic carbocycles. The molecule has 0 unspecified atom stereocenters. The monoisotopic (exact) mass is 276 g/mol. The van der Waals surface area contributed by atoms with Crippen molar-refractivity contribution in [1.82, 2.24) is 9.97 Å². The van der Waals surface area contributed by atoms with Crippen molar-refractivity contribution in [1.29, 1.82) is 0 Å². The molecule has 3 nitrogen and oxygen atoms in total. The minimum Gasteiger partial charge on any atom is -0.303 e. The summed E-state index contributed by atoms with van der Waals surface area (Å²) < 4.78 is 63.3. The number of halogens is 5. The summed E-state index contributed by atoms with van der Waals surface area (Å²) in [6, 6.07) is 2.85. The number of nitrogens with zero attached hydrogens (tertiary/aromatic N) is 1. The topological polar surface area (TPSA) is 45.8 Å². The molecule has 1 aromatic heterocycles. The Bertz CT molecular complexity index is 657. The van der Waals surface area contributed by atoms with Crippen LogP contribution in [0, 0.1) is 11.6 Å². The van der Waals surface area contributed by atoms with Gasteiger partial charge in [-0.05, 0) is 12.1 Å². The number of H-pyrrole nitrogens is 1. The summed E-state index contributed by atoms with van der Waals surface area (Å²) in [6.07, 6.45) is -4.86. The molecule has 0 radical (unpaired) electrons. The standard InChI is InChI=1S/C11H5F5N2O/c12-6-1-5(2-7(13)3-6)8-4-9(19)18-10(17-8)11(14,15)16/h1-4H,(H,17,18,19). The summed E-state index contributed by atoms with van der Waals surface area (Å²) in [5.74, 6) is -3.49. The molecule has 0 spiro atoms. The van der Waals surface area contributed by atoms with Gasteiger partial charge in [-0.3, -0.25) is 4.79 Å². The van der Waals surface area contributed by atoms with Crippen LogP contribution in [0.2, 0.25) is 0 Å². The number of hydrogen-bond acceptors (Lipinski definition) is 2. The highest BCUT2D eigenvalue weighted by Gasteiger charge is 2.34. The van der Waals surface area contributed by atoms with Gasteiger partial charge in [-0.15, -0.1) is 0 Å². The van der Waals surface area contributed by atoms with E-state index in [2.05, 4.69) is 4.98 Å². The lowest BCUT2D eigenvalue weighted by atomic mass is 10.1. The zero-order valence-electron chi connectivity index (χ0n) is 9.05. The van der Waals surface area contributed by atoms with E-state index in [0.29, 0.717) is 6.07 Å². The number of alkyl halides is 3. The Hall–Kier alpha value is -2.25. The number of rotatable bonds is 1. The summed E-state index contributed by atoms with van der Waals surface area (Å²) in [6.45, 7) is 0. The van der Waals surface area contributed by atoms with E-state index in [-0.39, 0.29) is 5.56 Å². The summed E-state index contributed by atoms with van der Waals surface area (Å²) in [4.78, 5) is 15.8. The predicted octanol–water partition coefficient (Wildman–Crippen LogP) is 2.73. The third-order valence-electron chi connectivity index (χ3n) is 2.17. The Labute approximate surface area is 102 Å². The molecule has 0 aliphatic heterocycles. The molecular weight excluding hydrogens is 271 g/mol. The van der Waals surface area contributed by atoms with Crippen LogP contribution < -0.4 is 5.56 Å². The Kier molecular flexibility index (Phi) is 3.09. The average Bonchev–Trinajstić information content (AvgIpc) is 2.25. The van der Waals surface area contributed by atoms with Gasteiger partial charge in [-0.25, -0.2) is 13.8 Å². The summed E-state index contributed by atoms with van der Waals surface area (Å²) in [5.41, 5.74) is -1.79. The first-order chi connectivity index (χ1) is 8.75. The maximum atomic E-state index is 13.0. The van der Waals surface area contributed by atoms with Crippen molar-refractivity contribution in [2.24, 2.45) is 0 Å². The van der Waals surface area contributed by atoms with Crippen LogP contribution in [-0.2, 0) is 6.18 Å². The molecule has 2 rings (SSSR count). The molecule has 0 fully saturated rings. The number of benzene rings is 1. The molecule has 0 bridgehead atoms. The molecule has 19 heavy (non-hydrogen) atoms. The van der Waals surface area contributed by atoms with Crippen molar-refractivity contribution < 1.29 is 22.0 Å². The van der Waals surface area contributed by atoms with Gasteiger partial charge in [-0.1, -0.05) is 0 Å². The van der Waals surface area contributed by atoms with E-state index in [1.165, 1.54) is 4.98 Å². The van der Waals surface area contributed by atoms with E-state index >= 15 is 0 Å². The van der Waals surface area contributed by atoms with Crippen molar-refractivity contribution >= 4 is 0 Å². The van der Waals surface area contributed by atoms with Crippen LogP contribution in [0.25, 0.3) is 11.3 Å². The van der Waals surface area contributed by atoms with Gasteiger partial charge < -0.3 is 4.98 Å². The molecule has 0 saturated carbocycles. The smallest absolute Gasteiger partial charge is 0.303 e. The van der Waals surface area contributed by atoms with E-state index < -0.39 is 34.9 Å². The largest absolute Gasteiger partial charge is 0.449 e. The van der Waals surface area contributed by atoms with Gasteiger partial charge in [-0.2, -0.15) is 13.2 Å². The third kappa shape index (κ3) is 2.95. The Morgan fingerprint density at radius 1 is 1.00 bits per heavy atom. The number of nitrogens with one attached hydrogen (secondary N) is 1. The fraction of sp³-hybridized carbons (Fsp3) is 0.0909. The average molecular weight is 276 g/mol. The summed E-state index contributed by atoms with van der Waals surface area (Å²) in [7, 11) is 0. The Balaban J connectivity index is 2.63.